The maximum atomic E-state index is 13.5. The van der Waals surface area contributed by atoms with Crippen molar-refractivity contribution in [2.75, 3.05) is 7.11 Å². The number of esters is 1. The number of rotatable bonds is 5. The second-order valence-corrected chi connectivity index (χ2v) is 8.27. The normalized spacial score (nSPS) is 12.4. The summed E-state index contributed by atoms with van der Waals surface area (Å²) in [7, 11) is 1.38. The third-order valence-electron chi connectivity index (χ3n) is 6.22. The number of methoxy groups -OCH3 is 1. The third kappa shape index (κ3) is 3.81. The monoisotopic (exact) mass is 464 g/mol. The predicted octanol–water partition coefficient (Wildman–Crippen LogP) is 4.94. The van der Waals surface area contributed by atoms with Gasteiger partial charge in [0.2, 0.25) is 0 Å². The first-order valence-corrected chi connectivity index (χ1v) is 11.3. The summed E-state index contributed by atoms with van der Waals surface area (Å²) in [6.45, 7) is 3.73. The zero-order chi connectivity index (χ0) is 24.5. The van der Waals surface area contributed by atoms with Crippen LogP contribution in [0, 0.1) is 6.92 Å². The Morgan fingerprint density at radius 2 is 1.63 bits per heavy atom. The van der Waals surface area contributed by atoms with Crippen LogP contribution in [0.3, 0.4) is 0 Å². The highest BCUT2D eigenvalue weighted by Gasteiger charge is 2.22. The maximum Gasteiger partial charge on any atom is 0.328 e. The quantitative estimate of drug-likeness (QED) is 0.273. The van der Waals surface area contributed by atoms with Crippen molar-refractivity contribution in [1.82, 2.24) is 14.2 Å². The van der Waals surface area contributed by atoms with Crippen molar-refractivity contribution < 1.29 is 9.53 Å². The summed E-state index contributed by atoms with van der Waals surface area (Å²) in [4.78, 5) is 30.6. The average molecular weight is 465 g/mol. The lowest BCUT2D eigenvalue weighted by Gasteiger charge is -2.15. The summed E-state index contributed by atoms with van der Waals surface area (Å²) in [6.07, 6.45) is 1.67. The molecule has 0 aliphatic carbocycles. The first-order valence-electron chi connectivity index (χ1n) is 11.3. The zero-order valence-electron chi connectivity index (χ0n) is 19.7. The molecule has 0 radical (unpaired) electrons. The van der Waals surface area contributed by atoms with Crippen LogP contribution in [0.2, 0.25) is 0 Å². The molecule has 0 N–H and O–H groups in total. The van der Waals surface area contributed by atoms with E-state index in [1.807, 2.05) is 84.3 Å². The molecule has 35 heavy (non-hydrogen) atoms. The Kier molecular flexibility index (Phi) is 5.74. The number of benzene rings is 3. The molecule has 7 heteroatoms. The number of fused-ring (bicyclic) bond motifs is 2. The fraction of sp³-hybridized carbons (Fsp3) is 0.143. The van der Waals surface area contributed by atoms with Crippen LogP contribution >= 0.6 is 0 Å². The van der Waals surface area contributed by atoms with Crippen LogP contribution in [0.15, 0.2) is 88.8 Å². The van der Waals surface area contributed by atoms with Crippen LogP contribution in [0.5, 0.6) is 0 Å². The average Bonchev–Trinajstić information content (AvgIpc) is 3.18. The number of para-hydroxylation sites is 2. The van der Waals surface area contributed by atoms with Crippen LogP contribution in [0.4, 0.5) is 0 Å². The van der Waals surface area contributed by atoms with Crippen LogP contribution < -0.4 is 5.56 Å². The van der Waals surface area contributed by atoms with E-state index >= 15 is 0 Å². The topological polar surface area (TPSA) is 78.5 Å². The minimum atomic E-state index is -0.517. The molecular weight excluding hydrogens is 440 g/mol. The number of hydrogen-bond donors (Lipinski definition) is 0. The lowest BCUT2D eigenvalue weighted by atomic mass is 10.1. The number of aromatic nitrogens is 3. The first-order chi connectivity index (χ1) is 17.0. The van der Waals surface area contributed by atoms with Gasteiger partial charge in [0.05, 0.1) is 24.2 Å². The molecule has 0 unspecified atom stereocenters. The largest absolute Gasteiger partial charge is 0.467 e. The summed E-state index contributed by atoms with van der Waals surface area (Å²) < 4.78 is 8.26. The Labute approximate surface area is 201 Å². The molecule has 1 atom stereocenters. The van der Waals surface area contributed by atoms with Gasteiger partial charge in [0, 0.05) is 27.7 Å². The van der Waals surface area contributed by atoms with Gasteiger partial charge in [0.1, 0.15) is 6.04 Å². The van der Waals surface area contributed by atoms with E-state index in [0.717, 1.165) is 27.7 Å². The van der Waals surface area contributed by atoms with Crippen molar-refractivity contribution in [3.05, 3.63) is 100 Å². The fourth-order valence-corrected chi connectivity index (χ4v) is 4.48. The maximum absolute atomic E-state index is 13.5. The van der Waals surface area contributed by atoms with Crippen molar-refractivity contribution in [2.24, 2.45) is 5.10 Å². The van der Waals surface area contributed by atoms with Gasteiger partial charge in [-0.05, 0) is 32.0 Å². The Morgan fingerprint density at radius 3 is 2.37 bits per heavy atom. The lowest BCUT2D eigenvalue weighted by Crippen LogP contribution is -2.20. The van der Waals surface area contributed by atoms with E-state index in [1.165, 1.54) is 11.8 Å². The van der Waals surface area contributed by atoms with Gasteiger partial charge < -0.3 is 9.30 Å². The number of carbonyl (C=O) groups excluding carboxylic acids is 1. The van der Waals surface area contributed by atoms with Gasteiger partial charge in [-0.15, -0.1) is 0 Å². The molecule has 2 heterocycles. The van der Waals surface area contributed by atoms with Gasteiger partial charge in [0.25, 0.3) is 5.56 Å². The number of ether oxygens (including phenoxy) is 1. The molecule has 5 aromatic rings. The van der Waals surface area contributed by atoms with E-state index < -0.39 is 6.04 Å². The minimum absolute atomic E-state index is 0.255. The summed E-state index contributed by atoms with van der Waals surface area (Å²) in [6, 6.07) is 24.0. The van der Waals surface area contributed by atoms with E-state index in [4.69, 9.17) is 9.72 Å². The summed E-state index contributed by atoms with van der Waals surface area (Å²) >= 11 is 0. The van der Waals surface area contributed by atoms with E-state index in [9.17, 15) is 9.59 Å². The third-order valence-corrected chi connectivity index (χ3v) is 6.22. The van der Waals surface area contributed by atoms with Crippen LogP contribution in [0.1, 0.15) is 24.2 Å². The van der Waals surface area contributed by atoms with Crippen LogP contribution in [0.25, 0.3) is 33.2 Å². The molecule has 3 aromatic carbocycles. The van der Waals surface area contributed by atoms with Gasteiger partial charge in [-0.3, -0.25) is 4.79 Å². The Morgan fingerprint density at radius 1 is 0.971 bits per heavy atom. The summed E-state index contributed by atoms with van der Waals surface area (Å²) in [5, 5.41) is 6.05. The smallest absolute Gasteiger partial charge is 0.328 e. The fourth-order valence-electron chi connectivity index (χ4n) is 4.48. The van der Waals surface area contributed by atoms with Gasteiger partial charge in [0.15, 0.2) is 5.82 Å². The molecule has 5 rings (SSSR count). The number of nitrogens with zero attached hydrogens (tertiary/aromatic N) is 4. The first kappa shape index (κ1) is 22.3. The van der Waals surface area contributed by atoms with Gasteiger partial charge >= 0.3 is 5.97 Å². The van der Waals surface area contributed by atoms with Crippen molar-refractivity contribution in [2.45, 2.75) is 19.9 Å². The van der Waals surface area contributed by atoms with Gasteiger partial charge in [-0.2, -0.15) is 9.78 Å². The van der Waals surface area contributed by atoms with Crippen molar-refractivity contribution >= 4 is 34.0 Å². The number of hydrogen-bond acceptors (Lipinski definition) is 5. The second-order valence-electron chi connectivity index (χ2n) is 8.27. The van der Waals surface area contributed by atoms with Crippen molar-refractivity contribution in [3.63, 3.8) is 0 Å². The molecule has 0 fully saturated rings. The van der Waals surface area contributed by atoms with Crippen LogP contribution in [-0.2, 0) is 9.53 Å². The van der Waals surface area contributed by atoms with E-state index in [1.54, 1.807) is 19.2 Å². The molecule has 0 saturated carbocycles. The Hall–Kier alpha value is -4.52. The van der Waals surface area contributed by atoms with Crippen molar-refractivity contribution in [1.29, 1.82) is 0 Å². The summed E-state index contributed by atoms with van der Waals surface area (Å²) in [5.74, 6) is 0.119. The molecule has 0 aliphatic heterocycles. The molecule has 2 aromatic heterocycles. The van der Waals surface area contributed by atoms with E-state index in [-0.39, 0.29) is 11.5 Å². The molecule has 174 valence electrons. The highest BCUT2D eigenvalue weighted by Crippen LogP contribution is 2.29. The van der Waals surface area contributed by atoms with Crippen LogP contribution in [-0.4, -0.2) is 33.5 Å². The van der Waals surface area contributed by atoms with E-state index in [2.05, 4.69) is 5.10 Å². The summed E-state index contributed by atoms with van der Waals surface area (Å²) in [5.41, 5.74) is 3.69. The molecule has 7 nitrogen and oxygen atoms in total. The van der Waals surface area contributed by atoms with Crippen molar-refractivity contribution in [3.8, 4) is 11.4 Å². The Balaban J connectivity index is 1.73. The molecule has 0 amide bonds. The number of carbonyl (C=O) groups is 1. The second kappa shape index (κ2) is 9.02. The minimum Gasteiger partial charge on any atom is -0.467 e. The highest BCUT2D eigenvalue weighted by molar-refractivity contribution is 6.02. The predicted molar refractivity (Wildman–Crippen MR) is 138 cm³/mol. The van der Waals surface area contributed by atoms with Gasteiger partial charge in [-0.1, -0.05) is 60.7 Å². The highest BCUT2D eigenvalue weighted by atomic mass is 16.5. The van der Waals surface area contributed by atoms with Gasteiger partial charge in [-0.25, -0.2) is 9.78 Å². The molecule has 0 aliphatic rings. The molecule has 0 bridgehead atoms. The SMILES string of the molecule is COC(=O)[C@@H](C)n1c(C)c(C=Nn2c(-c3ccccc3)nc3ccccc3c2=O)c2ccccc21. The molecule has 0 saturated heterocycles. The van der Waals surface area contributed by atoms with E-state index in [0.29, 0.717) is 16.7 Å². The zero-order valence-corrected chi connectivity index (χ0v) is 19.7. The standard InChI is InChI=1S/C28H24N4O3/c1-18-23(21-13-8-10-16-25(21)31(18)19(2)28(34)35-3)17-29-32-26(20-11-5-4-6-12-20)30-24-15-9-7-14-22(24)27(32)33/h4-17,19H,1-3H3/t19-/m1/s1. The molecular formula is C28H24N4O3. The lowest BCUT2D eigenvalue weighted by molar-refractivity contribution is -0.143. The molecule has 0 spiro atoms. The Bertz CT molecular complexity index is 1650.